The zero-order valence-corrected chi connectivity index (χ0v) is 16.2. The van der Waals surface area contributed by atoms with Gasteiger partial charge in [-0.25, -0.2) is 4.79 Å². The molecule has 0 atom stereocenters. The van der Waals surface area contributed by atoms with Crippen LogP contribution in [0.1, 0.15) is 21.8 Å². The molecular formula is C21H17N3O6. The first-order valence-corrected chi connectivity index (χ1v) is 8.97. The van der Waals surface area contributed by atoms with Gasteiger partial charge < -0.3 is 18.3 Å². The van der Waals surface area contributed by atoms with Gasteiger partial charge in [0.1, 0.15) is 17.1 Å². The highest BCUT2D eigenvalue weighted by Crippen LogP contribution is 2.23. The number of benzene rings is 2. The van der Waals surface area contributed by atoms with E-state index in [0.29, 0.717) is 22.6 Å². The Balaban J connectivity index is 1.41. The maximum atomic E-state index is 12.3. The summed E-state index contributed by atoms with van der Waals surface area (Å²) in [5.41, 5.74) is 1.21. The predicted octanol–water partition coefficient (Wildman–Crippen LogP) is 3.32. The number of rotatable bonds is 6. The summed E-state index contributed by atoms with van der Waals surface area (Å²) in [5.74, 6) is 0.784. The summed E-state index contributed by atoms with van der Waals surface area (Å²) in [7, 11) is 1.52. The van der Waals surface area contributed by atoms with Crippen molar-refractivity contribution in [2.45, 2.75) is 13.5 Å². The standard InChI is InChI=1S/C21H17N3O6/c1-12-8-19(25)29-17-10-15(6-7-16(12)17)28-11-18-23-24-21(30-18)22-20(26)13-4-3-5-14(9-13)27-2/h3-10H,11H2,1-2H3,(H,22,24,26). The van der Waals surface area contributed by atoms with Crippen molar-refractivity contribution in [2.75, 3.05) is 12.4 Å². The second-order valence-corrected chi connectivity index (χ2v) is 6.38. The van der Waals surface area contributed by atoms with Gasteiger partial charge in [-0.1, -0.05) is 11.2 Å². The fourth-order valence-corrected chi connectivity index (χ4v) is 2.84. The number of methoxy groups -OCH3 is 1. The minimum absolute atomic E-state index is 0.0242. The lowest BCUT2D eigenvalue weighted by Gasteiger charge is -2.05. The molecule has 2 aromatic carbocycles. The maximum Gasteiger partial charge on any atom is 0.336 e. The van der Waals surface area contributed by atoms with E-state index >= 15 is 0 Å². The van der Waals surface area contributed by atoms with Crippen LogP contribution in [0.5, 0.6) is 11.5 Å². The van der Waals surface area contributed by atoms with Gasteiger partial charge >= 0.3 is 11.6 Å². The molecule has 0 aliphatic heterocycles. The number of ether oxygens (including phenoxy) is 2. The average molecular weight is 407 g/mol. The molecule has 9 heteroatoms. The number of carbonyl (C=O) groups is 1. The van der Waals surface area contributed by atoms with Crippen molar-refractivity contribution in [3.8, 4) is 11.5 Å². The lowest BCUT2D eigenvalue weighted by atomic mass is 10.1. The molecule has 30 heavy (non-hydrogen) atoms. The van der Waals surface area contributed by atoms with Crippen LogP contribution >= 0.6 is 0 Å². The van der Waals surface area contributed by atoms with Crippen LogP contribution in [0.25, 0.3) is 11.0 Å². The summed E-state index contributed by atoms with van der Waals surface area (Å²) in [6.07, 6.45) is 0. The van der Waals surface area contributed by atoms with Crippen LogP contribution in [0.4, 0.5) is 6.01 Å². The third-order valence-electron chi connectivity index (χ3n) is 4.30. The summed E-state index contributed by atoms with van der Waals surface area (Å²) in [6.45, 7) is 1.81. The zero-order valence-electron chi connectivity index (χ0n) is 16.2. The highest BCUT2D eigenvalue weighted by molar-refractivity contribution is 6.03. The van der Waals surface area contributed by atoms with Crippen molar-refractivity contribution in [1.29, 1.82) is 0 Å². The van der Waals surface area contributed by atoms with Crippen LogP contribution in [0.3, 0.4) is 0 Å². The summed E-state index contributed by atoms with van der Waals surface area (Å²) >= 11 is 0. The second-order valence-electron chi connectivity index (χ2n) is 6.38. The van der Waals surface area contributed by atoms with E-state index in [-0.39, 0.29) is 18.5 Å². The normalized spacial score (nSPS) is 10.7. The number of anilines is 1. The maximum absolute atomic E-state index is 12.3. The molecule has 1 amide bonds. The summed E-state index contributed by atoms with van der Waals surface area (Å²) in [5, 5.41) is 11.0. The fourth-order valence-electron chi connectivity index (χ4n) is 2.84. The van der Waals surface area contributed by atoms with Crippen molar-refractivity contribution < 1.29 is 23.1 Å². The van der Waals surface area contributed by atoms with Crippen molar-refractivity contribution >= 4 is 22.9 Å². The number of carbonyl (C=O) groups excluding carboxylic acids is 1. The summed E-state index contributed by atoms with van der Waals surface area (Å²) in [4.78, 5) is 23.8. The van der Waals surface area contributed by atoms with Crippen molar-refractivity contribution in [3.05, 3.63) is 76.0 Å². The van der Waals surface area contributed by atoms with E-state index in [1.165, 1.54) is 13.2 Å². The molecule has 0 saturated heterocycles. The quantitative estimate of drug-likeness (QED) is 0.484. The van der Waals surface area contributed by atoms with E-state index in [1.807, 2.05) is 6.92 Å². The van der Waals surface area contributed by atoms with Crippen LogP contribution in [-0.2, 0) is 6.61 Å². The highest BCUT2D eigenvalue weighted by atomic mass is 16.5. The molecule has 0 bridgehead atoms. The summed E-state index contributed by atoms with van der Waals surface area (Å²) in [6, 6.07) is 13.2. The Morgan fingerprint density at radius 3 is 2.77 bits per heavy atom. The third-order valence-corrected chi connectivity index (χ3v) is 4.30. The van der Waals surface area contributed by atoms with E-state index in [1.54, 1.807) is 42.5 Å². The van der Waals surface area contributed by atoms with Gasteiger partial charge in [0.05, 0.1) is 7.11 Å². The van der Waals surface area contributed by atoms with Crippen molar-refractivity contribution in [1.82, 2.24) is 10.2 Å². The van der Waals surface area contributed by atoms with Gasteiger partial charge in [-0.15, -0.1) is 5.10 Å². The van der Waals surface area contributed by atoms with Gasteiger partial charge in [0.2, 0.25) is 0 Å². The molecular weight excluding hydrogens is 390 g/mol. The smallest absolute Gasteiger partial charge is 0.336 e. The Morgan fingerprint density at radius 1 is 1.07 bits per heavy atom. The number of hydrogen-bond donors (Lipinski definition) is 1. The van der Waals surface area contributed by atoms with Gasteiger partial charge in [0.25, 0.3) is 11.8 Å². The molecule has 9 nitrogen and oxygen atoms in total. The Labute approximate surface area is 170 Å². The van der Waals surface area contributed by atoms with E-state index in [0.717, 1.165) is 10.9 Å². The predicted molar refractivity (Wildman–Crippen MR) is 107 cm³/mol. The Bertz CT molecular complexity index is 1280. The molecule has 2 heterocycles. The van der Waals surface area contributed by atoms with Crippen molar-refractivity contribution in [3.63, 3.8) is 0 Å². The van der Waals surface area contributed by atoms with Gasteiger partial charge in [0, 0.05) is 23.1 Å². The first-order valence-electron chi connectivity index (χ1n) is 8.97. The second kappa shape index (κ2) is 8.08. The van der Waals surface area contributed by atoms with Crippen LogP contribution in [0.15, 0.2) is 62.2 Å². The van der Waals surface area contributed by atoms with Crippen LogP contribution in [0.2, 0.25) is 0 Å². The molecule has 0 aliphatic rings. The van der Waals surface area contributed by atoms with E-state index in [2.05, 4.69) is 15.5 Å². The van der Waals surface area contributed by atoms with Crippen LogP contribution in [-0.4, -0.2) is 23.2 Å². The van der Waals surface area contributed by atoms with E-state index < -0.39 is 11.5 Å². The Morgan fingerprint density at radius 2 is 1.93 bits per heavy atom. The number of fused-ring (bicyclic) bond motifs is 1. The number of amides is 1. The average Bonchev–Trinajstić information content (AvgIpc) is 3.19. The molecule has 4 aromatic rings. The largest absolute Gasteiger partial charge is 0.497 e. The monoisotopic (exact) mass is 407 g/mol. The van der Waals surface area contributed by atoms with Crippen molar-refractivity contribution in [2.24, 2.45) is 0 Å². The van der Waals surface area contributed by atoms with Gasteiger partial charge in [-0.3, -0.25) is 10.1 Å². The minimum atomic E-state index is -0.425. The minimum Gasteiger partial charge on any atom is -0.497 e. The molecule has 4 rings (SSSR count). The number of aryl methyl sites for hydroxylation is 1. The lowest BCUT2D eigenvalue weighted by Crippen LogP contribution is -2.12. The lowest BCUT2D eigenvalue weighted by molar-refractivity contribution is 0.102. The number of nitrogens with one attached hydrogen (secondary N) is 1. The molecule has 0 radical (unpaired) electrons. The molecule has 0 unspecified atom stereocenters. The Hall–Kier alpha value is -4.14. The Kier molecular flexibility index (Phi) is 5.17. The van der Waals surface area contributed by atoms with Gasteiger partial charge in [0.15, 0.2) is 6.61 Å². The number of nitrogens with zero attached hydrogens (tertiary/aromatic N) is 2. The van der Waals surface area contributed by atoms with Gasteiger partial charge in [-0.05, 0) is 42.8 Å². The first kappa shape index (κ1) is 19.2. The molecule has 2 aromatic heterocycles. The SMILES string of the molecule is COc1cccc(C(=O)Nc2nnc(COc3ccc4c(C)cc(=O)oc4c3)o2)c1. The van der Waals surface area contributed by atoms with Crippen LogP contribution < -0.4 is 20.4 Å². The third kappa shape index (κ3) is 4.14. The van der Waals surface area contributed by atoms with E-state index in [9.17, 15) is 9.59 Å². The molecule has 0 aliphatic carbocycles. The fraction of sp³-hybridized carbons (Fsp3) is 0.143. The number of aromatic nitrogens is 2. The molecule has 152 valence electrons. The van der Waals surface area contributed by atoms with E-state index in [4.69, 9.17) is 18.3 Å². The molecule has 0 saturated carbocycles. The summed E-state index contributed by atoms with van der Waals surface area (Å²) < 4.78 is 21.3. The van der Waals surface area contributed by atoms with Gasteiger partial charge in [-0.2, -0.15) is 0 Å². The zero-order chi connectivity index (χ0) is 21.1. The molecule has 0 spiro atoms. The number of hydrogen-bond acceptors (Lipinski definition) is 8. The van der Waals surface area contributed by atoms with Crippen LogP contribution in [0, 0.1) is 6.92 Å². The topological polar surface area (TPSA) is 117 Å². The molecule has 1 N–H and O–H groups in total. The first-order chi connectivity index (χ1) is 14.5. The highest BCUT2D eigenvalue weighted by Gasteiger charge is 2.13. The molecule has 0 fully saturated rings.